The molecule has 0 unspecified atom stereocenters. The van der Waals surface area contributed by atoms with Crippen molar-refractivity contribution in [3.8, 4) is 5.75 Å². The lowest BCUT2D eigenvalue weighted by Crippen LogP contribution is -2.28. The molecule has 0 radical (unpaired) electrons. The number of rotatable bonds is 5. The van der Waals surface area contributed by atoms with Crippen LogP contribution in [0.4, 0.5) is 0 Å². The Balaban J connectivity index is 1.83. The Morgan fingerprint density at radius 2 is 2.08 bits per heavy atom. The summed E-state index contributed by atoms with van der Waals surface area (Å²) in [5.74, 6) is 0.181. The third-order valence-electron chi connectivity index (χ3n) is 4.72. The minimum Gasteiger partial charge on any atom is -0.497 e. The highest BCUT2D eigenvalue weighted by Gasteiger charge is 2.23. The molecule has 26 heavy (non-hydrogen) atoms. The zero-order chi connectivity index (χ0) is 18.3. The van der Waals surface area contributed by atoms with E-state index in [-0.39, 0.29) is 12.1 Å². The Kier molecular flexibility index (Phi) is 4.24. The quantitative estimate of drug-likeness (QED) is 0.747. The smallest absolute Gasteiger partial charge is 0.323 e. The summed E-state index contributed by atoms with van der Waals surface area (Å²) in [6.45, 7) is -0.377. The van der Waals surface area contributed by atoms with Crippen molar-refractivity contribution >= 4 is 27.5 Å². The van der Waals surface area contributed by atoms with Crippen LogP contribution in [-0.2, 0) is 30.6 Å². The Bertz CT molecular complexity index is 1050. The van der Waals surface area contributed by atoms with Crippen molar-refractivity contribution in [2.24, 2.45) is 0 Å². The number of aryl methyl sites for hydroxylation is 2. The lowest BCUT2D eigenvalue weighted by atomic mass is 10.1. The molecule has 134 valence electrons. The fraction of sp³-hybridized carbons (Fsp3) is 0.316. The van der Waals surface area contributed by atoms with Gasteiger partial charge in [-0.25, -0.2) is 4.98 Å². The number of carbonyl (C=O) groups is 1. The Morgan fingerprint density at radius 1 is 1.31 bits per heavy atom. The molecule has 2 aromatic heterocycles. The number of benzene rings is 1. The molecule has 4 rings (SSSR count). The number of hydrogen-bond acceptors (Lipinski definition) is 5. The van der Waals surface area contributed by atoms with Crippen LogP contribution in [-0.4, -0.2) is 27.7 Å². The first-order valence-electron chi connectivity index (χ1n) is 8.45. The van der Waals surface area contributed by atoms with E-state index < -0.39 is 5.97 Å². The van der Waals surface area contributed by atoms with Crippen LogP contribution in [0.5, 0.6) is 5.75 Å². The maximum atomic E-state index is 13.0. The maximum Gasteiger partial charge on any atom is 0.323 e. The van der Waals surface area contributed by atoms with Crippen LogP contribution in [0.15, 0.2) is 29.1 Å². The van der Waals surface area contributed by atoms with Crippen LogP contribution in [0.2, 0.25) is 0 Å². The van der Waals surface area contributed by atoms with Crippen LogP contribution in [0.3, 0.4) is 0 Å². The lowest BCUT2D eigenvalue weighted by molar-refractivity contribution is -0.137. The summed E-state index contributed by atoms with van der Waals surface area (Å²) < 4.78 is 6.47. The minimum absolute atomic E-state index is 0.236. The van der Waals surface area contributed by atoms with Crippen molar-refractivity contribution < 1.29 is 14.6 Å². The molecule has 6 nitrogen and oxygen atoms in total. The summed E-state index contributed by atoms with van der Waals surface area (Å²) in [5.41, 5.74) is 1.78. The molecule has 0 bridgehead atoms. The molecule has 0 aliphatic heterocycles. The average molecular weight is 370 g/mol. The van der Waals surface area contributed by atoms with Crippen molar-refractivity contribution in [3.63, 3.8) is 0 Å². The van der Waals surface area contributed by atoms with Crippen LogP contribution in [0.25, 0.3) is 10.2 Å². The number of carboxylic acid groups (broad SMARTS) is 1. The summed E-state index contributed by atoms with van der Waals surface area (Å²) >= 11 is 1.57. The number of ether oxygens (including phenoxy) is 1. The molecule has 1 aliphatic carbocycles. The topological polar surface area (TPSA) is 81.4 Å². The van der Waals surface area contributed by atoms with E-state index in [0.29, 0.717) is 17.6 Å². The zero-order valence-electron chi connectivity index (χ0n) is 14.3. The molecule has 0 atom stereocenters. The molecule has 7 heteroatoms. The predicted octanol–water partition coefficient (Wildman–Crippen LogP) is 2.63. The number of nitrogens with zero attached hydrogens (tertiary/aromatic N) is 2. The highest BCUT2D eigenvalue weighted by molar-refractivity contribution is 7.18. The van der Waals surface area contributed by atoms with Crippen molar-refractivity contribution in [3.05, 3.63) is 56.4 Å². The number of aliphatic carboxylic acids is 1. The normalized spacial score (nSPS) is 13.1. The first kappa shape index (κ1) is 16.8. The van der Waals surface area contributed by atoms with E-state index in [1.54, 1.807) is 18.4 Å². The van der Waals surface area contributed by atoms with Gasteiger partial charge in [0.15, 0.2) is 0 Å². The third-order valence-corrected chi connectivity index (χ3v) is 5.90. The molecule has 3 aromatic rings. The van der Waals surface area contributed by atoms with Gasteiger partial charge in [-0.3, -0.25) is 14.2 Å². The van der Waals surface area contributed by atoms with Crippen molar-refractivity contribution in [1.82, 2.24) is 9.55 Å². The Morgan fingerprint density at radius 3 is 2.77 bits per heavy atom. The van der Waals surface area contributed by atoms with Gasteiger partial charge in [0.1, 0.15) is 22.9 Å². The Labute approximate surface area is 153 Å². The van der Waals surface area contributed by atoms with Gasteiger partial charge in [-0.1, -0.05) is 12.1 Å². The molecule has 0 saturated carbocycles. The molecule has 1 aliphatic rings. The SMILES string of the molecule is COc1ccc(Cc2nc3sc4c(c3c(=O)n2CC(=O)O)CCC4)cc1. The van der Waals surface area contributed by atoms with Crippen molar-refractivity contribution in [1.29, 1.82) is 0 Å². The second-order valence-corrected chi connectivity index (χ2v) is 7.46. The summed E-state index contributed by atoms with van der Waals surface area (Å²) in [4.78, 5) is 31.0. The first-order valence-corrected chi connectivity index (χ1v) is 9.27. The predicted molar refractivity (Wildman–Crippen MR) is 99.3 cm³/mol. The first-order chi connectivity index (χ1) is 12.6. The molecule has 0 fully saturated rings. The second-order valence-electron chi connectivity index (χ2n) is 6.38. The fourth-order valence-electron chi connectivity index (χ4n) is 3.48. The number of methoxy groups -OCH3 is 1. The summed E-state index contributed by atoms with van der Waals surface area (Å²) in [6, 6.07) is 7.48. The van der Waals surface area contributed by atoms with Crippen LogP contribution in [0.1, 0.15) is 28.2 Å². The van der Waals surface area contributed by atoms with Gasteiger partial charge in [0, 0.05) is 11.3 Å². The van der Waals surface area contributed by atoms with E-state index in [0.717, 1.165) is 41.0 Å². The molecule has 2 heterocycles. The number of fused-ring (bicyclic) bond motifs is 3. The van der Waals surface area contributed by atoms with Gasteiger partial charge in [0.25, 0.3) is 5.56 Å². The van der Waals surface area contributed by atoms with Gasteiger partial charge in [-0.05, 0) is 42.5 Å². The average Bonchev–Trinajstić information content (AvgIpc) is 3.19. The monoisotopic (exact) mass is 370 g/mol. The second kappa shape index (κ2) is 6.57. The van der Waals surface area contributed by atoms with E-state index in [1.165, 1.54) is 9.44 Å². The van der Waals surface area contributed by atoms with Crippen LogP contribution in [0, 0.1) is 0 Å². The molecule has 1 aromatic carbocycles. The van der Waals surface area contributed by atoms with Crippen LogP contribution >= 0.6 is 11.3 Å². The number of hydrogen-bond donors (Lipinski definition) is 1. The molecule has 0 saturated heterocycles. The fourth-order valence-corrected chi connectivity index (χ4v) is 4.75. The number of thiophene rings is 1. The molecule has 0 amide bonds. The van der Waals surface area contributed by atoms with E-state index >= 15 is 0 Å². The molecular formula is C19H18N2O4S. The third kappa shape index (κ3) is 2.88. The van der Waals surface area contributed by atoms with Crippen molar-refractivity contribution in [2.75, 3.05) is 7.11 Å². The van der Waals surface area contributed by atoms with Gasteiger partial charge in [0.2, 0.25) is 0 Å². The number of carboxylic acids is 1. The molecule has 0 spiro atoms. The van der Waals surface area contributed by atoms with E-state index in [4.69, 9.17) is 4.74 Å². The standard InChI is InChI=1S/C19H18N2O4S/c1-25-12-7-5-11(6-8-12)9-15-20-18-17(13-3-2-4-14(13)26-18)19(24)21(15)10-16(22)23/h5-8H,2-4,9-10H2,1H3,(H,22,23). The summed E-state index contributed by atoms with van der Waals surface area (Å²) in [6.07, 6.45) is 3.29. The largest absolute Gasteiger partial charge is 0.497 e. The Hall–Kier alpha value is -2.67. The zero-order valence-corrected chi connectivity index (χ0v) is 15.1. The maximum absolute atomic E-state index is 13.0. The molecule has 1 N–H and O–H groups in total. The highest BCUT2D eigenvalue weighted by atomic mass is 32.1. The van der Waals surface area contributed by atoms with Crippen LogP contribution < -0.4 is 10.3 Å². The summed E-state index contributed by atoms with van der Waals surface area (Å²) in [5, 5.41) is 9.88. The van der Waals surface area contributed by atoms with E-state index in [2.05, 4.69) is 4.98 Å². The van der Waals surface area contributed by atoms with Gasteiger partial charge in [-0.2, -0.15) is 0 Å². The number of aromatic nitrogens is 2. The van der Waals surface area contributed by atoms with Gasteiger partial charge < -0.3 is 9.84 Å². The highest BCUT2D eigenvalue weighted by Crippen LogP contribution is 2.34. The molecular weight excluding hydrogens is 352 g/mol. The van der Waals surface area contributed by atoms with Gasteiger partial charge in [-0.15, -0.1) is 11.3 Å². The minimum atomic E-state index is -1.05. The van der Waals surface area contributed by atoms with E-state index in [1.807, 2.05) is 24.3 Å². The lowest BCUT2D eigenvalue weighted by Gasteiger charge is -2.11. The van der Waals surface area contributed by atoms with Crippen molar-refractivity contribution in [2.45, 2.75) is 32.2 Å². The summed E-state index contributed by atoms with van der Waals surface area (Å²) in [7, 11) is 1.60. The van der Waals surface area contributed by atoms with Gasteiger partial charge in [0.05, 0.1) is 12.5 Å². The van der Waals surface area contributed by atoms with Gasteiger partial charge >= 0.3 is 5.97 Å². The van der Waals surface area contributed by atoms with E-state index in [9.17, 15) is 14.7 Å².